The van der Waals surface area contributed by atoms with E-state index in [0.29, 0.717) is 0 Å². The molecule has 98 valence electrons. The quantitative estimate of drug-likeness (QED) is 0.869. The zero-order valence-corrected chi connectivity index (χ0v) is 12.4. The minimum Gasteiger partial charge on any atom is -0.394 e. The van der Waals surface area contributed by atoms with E-state index in [2.05, 4.69) is 15.9 Å². The van der Waals surface area contributed by atoms with Gasteiger partial charge in [0.15, 0.2) is 0 Å². The molecule has 0 aliphatic rings. The van der Waals surface area contributed by atoms with Gasteiger partial charge in [-0.25, -0.2) is 0 Å². The lowest BCUT2D eigenvalue weighted by atomic mass is 10.1. The number of benzene rings is 1. The van der Waals surface area contributed by atoms with Crippen molar-refractivity contribution in [1.29, 1.82) is 0 Å². The van der Waals surface area contributed by atoms with Gasteiger partial charge in [0, 0.05) is 17.6 Å². The van der Waals surface area contributed by atoms with Gasteiger partial charge in [0.2, 0.25) is 5.91 Å². The Morgan fingerprint density at radius 3 is 2.61 bits per heavy atom. The average Bonchev–Trinajstić information content (AvgIpc) is 2.36. The number of hydrogen-bond donors (Lipinski definition) is 1. The average molecular weight is 312 g/mol. The normalized spacial score (nSPS) is 11.8. The third-order valence-electron chi connectivity index (χ3n) is 2.94. The van der Waals surface area contributed by atoms with Crippen molar-refractivity contribution in [1.82, 2.24) is 4.90 Å². The van der Waals surface area contributed by atoms with E-state index in [1.165, 1.54) is 11.0 Å². The van der Waals surface area contributed by atoms with Crippen molar-refractivity contribution >= 4 is 27.9 Å². The molecule has 0 spiro atoms. The van der Waals surface area contributed by atoms with E-state index in [1.54, 1.807) is 13.1 Å². The summed E-state index contributed by atoms with van der Waals surface area (Å²) in [7, 11) is 1.68. The van der Waals surface area contributed by atoms with E-state index in [9.17, 15) is 9.90 Å². The summed E-state index contributed by atoms with van der Waals surface area (Å²) in [6.45, 7) is 3.56. The Morgan fingerprint density at radius 1 is 1.44 bits per heavy atom. The van der Waals surface area contributed by atoms with Crippen molar-refractivity contribution in [2.24, 2.45) is 0 Å². The van der Waals surface area contributed by atoms with Crippen molar-refractivity contribution < 1.29 is 9.90 Å². The molecule has 1 rings (SSSR count). The van der Waals surface area contributed by atoms with Crippen molar-refractivity contribution in [3.05, 3.63) is 40.4 Å². The second kappa shape index (κ2) is 6.16. The first-order valence-electron chi connectivity index (χ1n) is 5.70. The Balaban J connectivity index is 2.80. The zero-order chi connectivity index (χ0) is 13.8. The van der Waals surface area contributed by atoms with E-state index in [-0.39, 0.29) is 12.5 Å². The second-order valence-electron chi connectivity index (χ2n) is 4.72. The Morgan fingerprint density at radius 2 is 2.06 bits per heavy atom. The van der Waals surface area contributed by atoms with Crippen LogP contribution in [-0.4, -0.2) is 35.1 Å². The number of carbonyl (C=O) groups excluding carboxylic acids is 1. The predicted octanol–water partition coefficient (Wildman–Crippen LogP) is 2.69. The Hall–Kier alpha value is -1.13. The lowest BCUT2D eigenvalue weighted by Gasteiger charge is -2.33. The van der Waals surface area contributed by atoms with Crippen molar-refractivity contribution in [2.45, 2.75) is 19.4 Å². The molecule has 0 bridgehead atoms. The molecule has 4 heteroatoms. The molecule has 1 N–H and O–H groups in total. The van der Waals surface area contributed by atoms with Gasteiger partial charge < -0.3 is 10.0 Å². The first-order valence-corrected chi connectivity index (χ1v) is 6.49. The Kier molecular flexibility index (Phi) is 5.11. The van der Waals surface area contributed by atoms with E-state index < -0.39 is 5.54 Å². The summed E-state index contributed by atoms with van der Waals surface area (Å²) in [6.07, 6.45) is 3.27. The fraction of sp³-hybridized carbons (Fsp3) is 0.357. The van der Waals surface area contributed by atoms with Gasteiger partial charge in [0.1, 0.15) is 0 Å². The summed E-state index contributed by atoms with van der Waals surface area (Å²) in [5.74, 6) is -0.134. The van der Waals surface area contributed by atoms with Crippen LogP contribution in [0.25, 0.3) is 6.08 Å². The molecule has 0 unspecified atom stereocenters. The van der Waals surface area contributed by atoms with Gasteiger partial charge >= 0.3 is 0 Å². The van der Waals surface area contributed by atoms with Gasteiger partial charge in [0.25, 0.3) is 0 Å². The zero-order valence-electron chi connectivity index (χ0n) is 10.9. The lowest BCUT2D eigenvalue weighted by molar-refractivity contribution is -0.130. The van der Waals surface area contributed by atoms with Gasteiger partial charge in [-0.05, 0) is 31.6 Å². The number of hydrogen-bond acceptors (Lipinski definition) is 2. The van der Waals surface area contributed by atoms with Crippen LogP contribution in [0.5, 0.6) is 0 Å². The number of aliphatic hydroxyl groups is 1. The minimum absolute atomic E-state index is 0.0713. The Labute approximate surface area is 116 Å². The highest BCUT2D eigenvalue weighted by Crippen LogP contribution is 2.18. The lowest BCUT2D eigenvalue weighted by Crippen LogP contribution is -2.47. The minimum atomic E-state index is -0.560. The van der Waals surface area contributed by atoms with Crippen LogP contribution in [0.1, 0.15) is 19.4 Å². The largest absolute Gasteiger partial charge is 0.394 e. The topological polar surface area (TPSA) is 40.5 Å². The first kappa shape index (κ1) is 14.9. The van der Waals surface area contributed by atoms with Crippen LogP contribution in [0.2, 0.25) is 0 Å². The maximum absolute atomic E-state index is 11.9. The van der Waals surface area contributed by atoms with Gasteiger partial charge in [-0.15, -0.1) is 0 Å². The SMILES string of the molecule is CN(C(=O)/C=C/c1ccccc1Br)C(C)(C)CO. The first-order chi connectivity index (χ1) is 8.38. The van der Waals surface area contributed by atoms with Crippen LogP contribution < -0.4 is 0 Å². The maximum Gasteiger partial charge on any atom is 0.246 e. The summed E-state index contributed by atoms with van der Waals surface area (Å²) in [6, 6.07) is 7.68. The number of nitrogens with zero attached hydrogens (tertiary/aromatic N) is 1. The number of amides is 1. The fourth-order valence-electron chi connectivity index (χ4n) is 1.29. The highest BCUT2D eigenvalue weighted by Gasteiger charge is 2.25. The molecule has 0 aliphatic carbocycles. The summed E-state index contributed by atoms with van der Waals surface area (Å²) >= 11 is 3.42. The van der Waals surface area contributed by atoms with Crippen LogP contribution in [0.4, 0.5) is 0 Å². The standard InChI is InChI=1S/C14H18BrNO2/c1-14(2,10-17)16(3)13(18)9-8-11-6-4-5-7-12(11)15/h4-9,17H,10H2,1-3H3/b9-8+. The molecule has 0 fully saturated rings. The Bertz CT molecular complexity index is 455. The van der Waals surface area contributed by atoms with Crippen LogP contribution in [0, 0.1) is 0 Å². The summed E-state index contributed by atoms with van der Waals surface area (Å²) in [4.78, 5) is 13.5. The smallest absolute Gasteiger partial charge is 0.246 e. The van der Waals surface area contributed by atoms with Gasteiger partial charge in [-0.2, -0.15) is 0 Å². The monoisotopic (exact) mass is 311 g/mol. The van der Waals surface area contributed by atoms with E-state index in [4.69, 9.17) is 0 Å². The molecular formula is C14H18BrNO2. The fourth-order valence-corrected chi connectivity index (χ4v) is 1.70. The van der Waals surface area contributed by atoms with Crippen LogP contribution in [-0.2, 0) is 4.79 Å². The molecule has 0 aromatic heterocycles. The second-order valence-corrected chi connectivity index (χ2v) is 5.58. The molecule has 1 amide bonds. The highest BCUT2D eigenvalue weighted by molar-refractivity contribution is 9.10. The number of likely N-dealkylation sites (N-methyl/N-ethyl adjacent to an activating group) is 1. The van der Waals surface area contributed by atoms with Crippen LogP contribution in [0.3, 0.4) is 0 Å². The van der Waals surface area contributed by atoms with Crippen LogP contribution >= 0.6 is 15.9 Å². The number of aliphatic hydroxyl groups excluding tert-OH is 1. The van der Waals surface area contributed by atoms with Crippen molar-refractivity contribution in [3.63, 3.8) is 0 Å². The molecule has 0 heterocycles. The number of halogens is 1. The maximum atomic E-state index is 11.9. The molecular weight excluding hydrogens is 294 g/mol. The van der Waals surface area contributed by atoms with Crippen molar-refractivity contribution in [3.8, 4) is 0 Å². The van der Waals surface area contributed by atoms with Gasteiger partial charge in [-0.3, -0.25) is 4.79 Å². The van der Waals surface area contributed by atoms with Crippen LogP contribution in [0.15, 0.2) is 34.8 Å². The third kappa shape index (κ3) is 3.68. The highest BCUT2D eigenvalue weighted by atomic mass is 79.9. The molecule has 1 aromatic carbocycles. The van der Waals surface area contributed by atoms with E-state index >= 15 is 0 Å². The summed E-state index contributed by atoms with van der Waals surface area (Å²) < 4.78 is 0.943. The summed E-state index contributed by atoms with van der Waals surface area (Å²) in [5, 5.41) is 9.22. The molecule has 0 atom stereocenters. The van der Waals surface area contributed by atoms with Crippen molar-refractivity contribution in [2.75, 3.05) is 13.7 Å². The van der Waals surface area contributed by atoms with E-state index in [1.807, 2.05) is 38.1 Å². The number of carbonyl (C=O) groups is 1. The van der Waals surface area contributed by atoms with E-state index in [0.717, 1.165) is 10.0 Å². The molecule has 1 aromatic rings. The van der Waals surface area contributed by atoms with Gasteiger partial charge in [-0.1, -0.05) is 34.1 Å². The molecule has 18 heavy (non-hydrogen) atoms. The molecule has 0 saturated carbocycles. The molecule has 0 radical (unpaired) electrons. The molecule has 3 nitrogen and oxygen atoms in total. The third-order valence-corrected chi connectivity index (χ3v) is 3.66. The summed E-state index contributed by atoms with van der Waals surface area (Å²) in [5.41, 5.74) is 0.385. The molecule has 0 saturated heterocycles. The predicted molar refractivity (Wildman–Crippen MR) is 77.1 cm³/mol. The van der Waals surface area contributed by atoms with Gasteiger partial charge in [0.05, 0.1) is 12.1 Å². The molecule has 0 aliphatic heterocycles. The number of rotatable bonds is 4.